The number of hydrogen-bond acceptors (Lipinski definition) is 6. The number of methoxy groups -OCH3 is 1. The summed E-state index contributed by atoms with van der Waals surface area (Å²) in [5.41, 5.74) is 4.03. The van der Waals surface area contributed by atoms with Crippen molar-refractivity contribution in [3.05, 3.63) is 113 Å². The summed E-state index contributed by atoms with van der Waals surface area (Å²) in [7, 11) is 1.59. The molecule has 38 heavy (non-hydrogen) atoms. The lowest BCUT2D eigenvalue weighted by Crippen LogP contribution is -2.19. The van der Waals surface area contributed by atoms with E-state index in [1.54, 1.807) is 25.6 Å². The number of carbonyl (C=O) groups excluding carboxylic acids is 1. The van der Waals surface area contributed by atoms with Crippen molar-refractivity contribution in [3.8, 4) is 22.8 Å². The van der Waals surface area contributed by atoms with Crippen LogP contribution in [0.2, 0.25) is 5.02 Å². The van der Waals surface area contributed by atoms with Gasteiger partial charge in [0.25, 0.3) is 0 Å². The van der Waals surface area contributed by atoms with E-state index < -0.39 is 5.25 Å². The predicted molar refractivity (Wildman–Crippen MR) is 151 cm³/mol. The van der Waals surface area contributed by atoms with Gasteiger partial charge in [-0.15, -0.1) is 10.2 Å². The highest BCUT2D eigenvalue weighted by atomic mass is 35.5. The van der Waals surface area contributed by atoms with Gasteiger partial charge in [0.2, 0.25) is 5.91 Å². The molecule has 0 unspecified atom stereocenters. The molecule has 2 heterocycles. The SMILES string of the molecule is COc1cccc(NC(=O)[C@@H](Sc2nnc(-c3ccncc3)n2-c2cccc(Cl)c2C)c2ccccc2)c1. The van der Waals surface area contributed by atoms with Crippen molar-refractivity contribution in [1.82, 2.24) is 19.7 Å². The molecule has 1 atom stereocenters. The smallest absolute Gasteiger partial charge is 0.242 e. The van der Waals surface area contributed by atoms with Gasteiger partial charge in [0.15, 0.2) is 11.0 Å². The van der Waals surface area contributed by atoms with E-state index in [4.69, 9.17) is 16.3 Å². The molecule has 9 heteroatoms. The van der Waals surface area contributed by atoms with Crippen molar-refractivity contribution < 1.29 is 9.53 Å². The third-order valence-corrected chi connectivity index (χ3v) is 7.56. The number of carbonyl (C=O) groups is 1. The zero-order valence-electron chi connectivity index (χ0n) is 20.7. The Kier molecular flexibility index (Phi) is 7.72. The number of aromatic nitrogens is 4. The lowest BCUT2D eigenvalue weighted by atomic mass is 10.1. The summed E-state index contributed by atoms with van der Waals surface area (Å²) in [5, 5.41) is 12.6. The summed E-state index contributed by atoms with van der Waals surface area (Å²) in [6.45, 7) is 1.95. The number of pyridine rings is 1. The van der Waals surface area contributed by atoms with E-state index >= 15 is 0 Å². The summed E-state index contributed by atoms with van der Waals surface area (Å²) in [5.74, 6) is 1.09. The first-order valence-corrected chi connectivity index (χ1v) is 13.1. The fraction of sp³-hybridized carbons (Fsp3) is 0.103. The van der Waals surface area contributed by atoms with E-state index in [2.05, 4.69) is 20.5 Å². The van der Waals surface area contributed by atoms with Gasteiger partial charge in [-0.05, 0) is 54.4 Å². The molecule has 0 saturated carbocycles. The molecule has 0 bridgehead atoms. The second-order valence-corrected chi connectivity index (χ2v) is 9.87. The Hall–Kier alpha value is -4.14. The number of nitrogens with one attached hydrogen (secondary N) is 1. The molecule has 7 nitrogen and oxygen atoms in total. The number of rotatable bonds is 8. The average Bonchev–Trinajstić information content (AvgIpc) is 3.37. The van der Waals surface area contributed by atoms with Gasteiger partial charge >= 0.3 is 0 Å². The number of halogens is 1. The van der Waals surface area contributed by atoms with Gasteiger partial charge < -0.3 is 10.1 Å². The molecule has 3 aromatic carbocycles. The van der Waals surface area contributed by atoms with Crippen LogP contribution >= 0.6 is 23.4 Å². The van der Waals surface area contributed by atoms with Crippen LogP contribution in [0.25, 0.3) is 17.1 Å². The molecule has 0 aliphatic rings. The summed E-state index contributed by atoms with van der Waals surface area (Å²) in [4.78, 5) is 17.8. The molecular weight excluding hydrogens is 518 g/mol. The maximum absolute atomic E-state index is 13.7. The van der Waals surface area contributed by atoms with Crippen LogP contribution in [0.15, 0.2) is 102 Å². The molecule has 0 aliphatic carbocycles. The van der Waals surface area contributed by atoms with Crippen molar-refractivity contribution >= 4 is 35.0 Å². The summed E-state index contributed by atoms with van der Waals surface area (Å²) >= 11 is 7.82. The lowest BCUT2D eigenvalue weighted by Gasteiger charge is -2.19. The van der Waals surface area contributed by atoms with E-state index in [0.29, 0.717) is 27.4 Å². The van der Waals surface area contributed by atoms with Crippen LogP contribution in [0.1, 0.15) is 16.4 Å². The van der Waals surface area contributed by atoms with Crippen LogP contribution < -0.4 is 10.1 Å². The molecule has 2 aromatic heterocycles. The Morgan fingerprint density at radius 1 is 0.974 bits per heavy atom. The Morgan fingerprint density at radius 2 is 1.74 bits per heavy atom. The third-order valence-electron chi connectivity index (χ3n) is 5.95. The lowest BCUT2D eigenvalue weighted by molar-refractivity contribution is -0.115. The molecule has 0 saturated heterocycles. The molecule has 1 N–H and O–H groups in total. The van der Waals surface area contributed by atoms with Crippen LogP contribution in [0.3, 0.4) is 0 Å². The first-order valence-electron chi connectivity index (χ1n) is 11.8. The number of benzene rings is 3. The van der Waals surface area contributed by atoms with Gasteiger partial charge in [-0.1, -0.05) is 65.8 Å². The van der Waals surface area contributed by atoms with E-state index in [-0.39, 0.29) is 5.91 Å². The van der Waals surface area contributed by atoms with Gasteiger partial charge in [0, 0.05) is 34.7 Å². The minimum absolute atomic E-state index is 0.197. The first kappa shape index (κ1) is 25.5. The molecule has 0 aliphatic heterocycles. The number of hydrogen-bond donors (Lipinski definition) is 1. The molecule has 190 valence electrons. The minimum Gasteiger partial charge on any atom is -0.497 e. The standard InChI is InChI=1S/C29H24ClN5O2S/c1-19-24(30)12-7-13-25(19)35-27(21-14-16-31-17-15-21)33-34-29(35)38-26(20-8-4-3-5-9-20)28(36)32-22-10-6-11-23(18-22)37-2/h3-18,26H,1-2H3,(H,32,36)/t26-/m0/s1. The molecule has 0 fully saturated rings. The Bertz CT molecular complexity index is 1560. The van der Waals surface area contributed by atoms with Crippen molar-refractivity contribution in [2.45, 2.75) is 17.3 Å². The van der Waals surface area contributed by atoms with Crippen molar-refractivity contribution in [3.63, 3.8) is 0 Å². The second-order valence-electron chi connectivity index (χ2n) is 8.39. The van der Waals surface area contributed by atoms with Crippen LogP contribution in [0, 0.1) is 6.92 Å². The van der Waals surface area contributed by atoms with E-state index in [1.807, 2.05) is 90.4 Å². The highest BCUT2D eigenvalue weighted by Crippen LogP contribution is 2.39. The van der Waals surface area contributed by atoms with Gasteiger partial charge in [-0.3, -0.25) is 14.3 Å². The topological polar surface area (TPSA) is 81.9 Å². The zero-order valence-corrected chi connectivity index (χ0v) is 22.3. The predicted octanol–water partition coefficient (Wildman–Crippen LogP) is 6.77. The normalized spacial score (nSPS) is 11.7. The van der Waals surface area contributed by atoms with Crippen molar-refractivity contribution in [2.75, 3.05) is 12.4 Å². The Morgan fingerprint density at radius 3 is 2.50 bits per heavy atom. The number of ether oxygens (including phenoxy) is 1. The van der Waals surface area contributed by atoms with Crippen molar-refractivity contribution in [1.29, 1.82) is 0 Å². The van der Waals surface area contributed by atoms with Crippen LogP contribution in [0.4, 0.5) is 5.69 Å². The summed E-state index contributed by atoms with van der Waals surface area (Å²) in [6.07, 6.45) is 3.42. The monoisotopic (exact) mass is 541 g/mol. The average molecular weight is 542 g/mol. The van der Waals surface area contributed by atoms with Crippen molar-refractivity contribution in [2.24, 2.45) is 0 Å². The maximum Gasteiger partial charge on any atom is 0.242 e. The fourth-order valence-corrected chi connectivity index (χ4v) is 5.22. The number of amides is 1. The Balaban J connectivity index is 1.59. The Labute approximate surface area is 229 Å². The van der Waals surface area contributed by atoms with Gasteiger partial charge in [0.05, 0.1) is 12.8 Å². The first-order chi connectivity index (χ1) is 18.5. The minimum atomic E-state index is -0.616. The van der Waals surface area contributed by atoms with E-state index in [1.165, 1.54) is 11.8 Å². The number of anilines is 1. The van der Waals surface area contributed by atoms with Crippen LogP contribution in [0.5, 0.6) is 5.75 Å². The fourth-order valence-electron chi connectivity index (χ4n) is 4.00. The molecule has 0 spiro atoms. The zero-order chi connectivity index (χ0) is 26.5. The molecule has 5 aromatic rings. The van der Waals surface area contributed by atoms with Crippen LogP contribution in [-0.2, 0) is 4.79 Å². The molecule has 0 radical (unpaired) electrons. The van der Waals surface area contributed by atoms with Gasteiger partial charge in [-0.2, -0.15) is 0 Å². The molecule has 1 amide bonds. The molecule has 5 rings (SSSR count). The number of thioether (sulfide) groups is 1. The summed E-state index contributed by atoms with van der Waals surface area (Å²) < 4.78 is 7.25. The molecular formula is C29H24ClN5O2S. The number of nitrogens with zero attached hydrogens (tertiary/aromatic N) is 4. The van der Waals surface area contributed by atoms with Crippen LogP contribution in [-0.4, -0.2) is 32.8 Å². The highest BCUT2D eigenvalue weighted by Gasteiger charge is 2.27. The second kappa shape index (κ2) is 11.5. The highest BCUT2D eigenvalue weighted by molar-refractivity contribution is 8.00. The summed E-state index contributed by atoms with van der Waals surface area (Å²) in [6, 6.07) is 26.3. The van der Waals surface area contributed by atoms with Gasteiger partial charge in [-0.25, -0.2) is 0 Å². The largest absolute Gasteiger partial charge is 0.497 e. The van der Waals surface area contributed by atoms with Gasteiger partial charge in [0.1, 0.15) is 11.0 Å². The maximum atomic E-state index is 13.7. The third kappa shape index (κ3) is 5.41. The van der Waals surface area contributed by atoms with E-state index in [9.17, 15) is 4.79 Å². The van der Waals surface area contributed by atoms with E-state index in [0.717, 1.165) is 22.4 Å². The quantitative estimate of drug-likeness (QED) is 0.218.